The number of hydrogen-bond donors (Lipinski definition) is 2. The lowest BCUT2D eigenvalue weighted by molar-refractivity contribution is -0.132. The van der Waals surface area contributed by atoms with Gasteiger partial charge in [0.2, 0.25) is 5.91 Å². The summed E-state index contributed by atoms with van der Waals surface area (Å²) < 4.78 is 10.7. The molecule has 2 aromatic carbocycles. The van der Waals surface area contributed by atoms with Crippen molar-refractivity contribution in [2.45, 2.75) is 39.3 Å². The highest BCUT2D eigenvalue weighted by Gasteiger charge is 2.19. The third-order valence-electron chi connectivity index (χ3n) is 5.59. The minimum Gasteiger partial charge on any atom is -0.497 e. The van der Waals surface area contributed by atoms with Crippen LogP contribution in [0.4, 0.5) is 0 Å². The van der Waals surface area contributed by atoms with Crippen molar-refractivity contribution >= 4 is 35.8 Å². The summed E-state index contributed by atoms with van der Waals surface area (Å²) in [5.41, 5.74) is 3.60. The zero-order chi connectivity index (χ0) is 22.8. The standard InChI is InChI=1S/C25H34N4O3.HI/c1-4-26-25(28-17-20-11-12-22(31-2)16-23(20)32-3)27-14-7-10-24(30)29-15-13-19-8-5-6-9-21(19)18-29;/h5-6,8-9,11-12,16H,4,7,10,13-15,17-18H2,1-3H3,(H2,26,27,28);1H. The van der Waals surface area contributed by atoms with Gasteiger partial charge in [-0.3, -0.25) is 4.79 Å². The number of fused-ring (bicyclic) bond motifs is 1. The van der Waals surface area contributed by atoms with Gasteiger partial charge in [0.15, 0.2) is 5.96 Å². The second-order valence-electron chi connectivity index (χ2n) is 7.74. The number of nitrogens with zero attached hydrogens (tertiary/aromatic N) is 2. The Morgan fingerprint density at radius 1 is 1.09 bits per heavy atom. The van der Waals surface area contributed by atoms with Crippen molar-refractivity contribution in [2.75, 3.05) is 33.9 Å². The lowest BCUT2D eigenvalue weighted by atomic mass is 9.99. The molecule has 0 saturated carbocycles. The maximum atomic E-state index is 12.6. The Morgan fingerprint density at radius 2 is 1.88 bits per heavy atom. The molecule has 2 aromatic rings. The zero-order valence-corrected chi connectivity index (χ0v) is 22.1. The Kier molecular flexibility index (Phi) is 11.3. The topological polar surface area (TPSA) is 75.2 Å². The summed E-state index contributed by atoms with van der Waals surface area (Å²) >= 11 is 0. The molecule has 3 rings (SSSR count). The van der Waals surface area contributed by atoms with E-state index in [1.807, 2.05) is 36.1 Å². The number of guanidine groups is 1. The van der Waals surface area contributed by atoms with Gasteiger partial charge in [-0.15, -0.1) is 24.0 Å². The molecule has 0 unspecified atom stereocenters. The van der Waals surface area contributed by atoms with Crippen LogP contribution in [0.1, 0.15) is 36.5 Å². The molecule has 0 aromatic heterocycles. The molecule has 1 aliphatic rings. The Balaban J connectivity index is 0.00000385. The first-order valence-corrected chi connectivity index (χ1v) is 11.2. The summed E-state index contributed by atoms with van der Waals surface area (Å²) in [6.07, 6.45) is 2.22. The van der Waals surface area contributed by atoms with Crippen LogP contribution in [0.15, 0.2) is 47.5 Å². The van der Waals surface area contributed by atoms with Crippen LogP contribution in [0, 0.1) is 0 Å². The van der Waals surface area contributed by atoms with Crippen LogP contribution in [-0.2, 0) is 24.3 Å². The third kappa shape index (κ3) is 7.80. The highest BCUT2D eigenvalue weighted by Crippen LogP contribution is 2.25. The fraction of sp³-hybridized carbons (Fsp3) is 0.440. The van der Waals surface area contributed by atoms with E-state index in [1.54, 1.807) is 14.2 Å². The van der Waals surface area contributed by atoms with Crippen LogP contribution in [0.5, 0.6) is 11.5 Å². The van der Waals surface area contributed by atoms with Crippen LogP contribution in [0.25, 0.3) is 0 Å². The van der Waals surface area contributed by atoms with Crippen LogP contribution >= 0.6 is 24.0 Å². The fourth-order valence-corrected chi connectivity index (χ4v) is 3.80. The number of carbonyl (C=O) groups excluding carboxylic acids is 1. The van der Waals surface area contributed by atoms with E-state index in [-0.39, 0.29) is 29.9 Å². The van der Waals surface area contributed by atoms with E-state index in [0.717, 1.165) is 55.5 Å². The second-order valence-corrected chi connectivity index (χ2v) is 7.74. The van der Waals surface area contributed by atoms with E-state index in [1.165, 1.54) is 11.1 Å². The predicted octanol–water partition coefficient (Wildman–Crippen LogP) is 3.74. The SMILES string of the molecule is CCNC(=NCc1ccc(OC)cc1OC)NCCCC(=O)N1CCc2ccccc2C1.I. The quantitative estimate of drug-likeness (QED) is 0.210. The lowest BCUT2D eigenvalue weighted by Gasteiger charge is -2.29. The molecule has 1 amide bonds. The van der Waals surface area contributed by atoms with Gasteiger partial charge in [-0.2, -0.15) is 0 Å². The van der Waals surface area contributed by atoms with Crippen molar-refractivity contribution in [3.8, 4) is 11.5 Å². The molecule has 1 aliphatic heterocycles. The summed E-state index contributed by atoms with van der Waals surface area (Å²) in [6.45, 7) is 5.48. The van der Waals surface area contributed by atoms with Crippen molar-refractivity contribution in [3.05, 3.63) is 59.2 Å². The van der Waals surface area contributed by atoms with E-state index >= 15 is 0 Å². The van der Waals surface area contributed by atoms with Crippen LogP contribution < -0.4 is 20.1 Å². The number of benzene rings is 2. The summed E-state index contributed by atoms with van der Waals surface area (Å²) in [7, 11) is 3.28. The van der Waals surface area contributed by atoms with Crippen molar-refractivity contribution in [1.82, 2.24) is 15.5 Å². The first-order valence-electron chi connectivity index (χ1n) is 11.2. The van der Waals surface area contributed by atoms with Gasteiger partial charge in [-0.1, -0.05) is 24.3 Å². The Bertz CT molecular complexity index is 936. The number of ether oxygens (including phenoxy) is 2. The highest BCUT2D eigenvalue weighted by atomic mass is 127. The fourth-order valence-electron chi connectivity index (χ4n) is 3.80. The average Bonchev–Trinajstić information content (AvgIpc) is 2.84. The Morgan fingerprint density at radius 3 is 2.61 bits per heavy atom. The number of aliphatic imine (C=N–C) groups is 1. The van der Waals surface area contributed by atoms with Gasteiger partial charge in [0.05, 0.1) is 20.8 Å². The molecule has 0 saturated heterocycles. The van der Waals surface area contributed by atoms with Crippen molar-refractivity contribution in [3.63, 3.8) is 0 Å². The van der Waals surface area contributed by atoms with Crippen LogP contribution in [-0.4, -0.2) is 50.6 Å². The van der Waals surface area contributed by atoms with Gasteiger partial charge >= 0.3 is 0 Å². The van der Waals surface area contributed by atoms with Gasteiger partial charge in [0.1, 0.15) is 11.5 Å². The molecule has 1 heterocycles. The molecule has 0 aliphatic carbocycles. The summed E-state index contributed by atoms with van der Waals surface area (Å²) in [6, 6.07) is 14.1. The van der Waals surface area contributed by atoms with Gasteiger partial charge in [-0.05, 0) is 43.0 Å². The van der Waals surface area contributed by atoms with E-state index < -0.39 is 0 Å². The minimum absolute atomic E-state index is 0. The molecule has 0 bridgehead atoms. The molecule has 0 fully saturated rings. The molecular weight excluding hydrogens is 531 g/mol. The average molecular weight is 566 g/mol. The maximum absolute atomic E-state index is 12.6. The van der Waals surface area contributed by atoms with Gasteiger partial charge in [-0.25, -0.2) is 4.99 Å². The van der Waals surface area contributed by atoms with Crippen molar-refractivity contribution < 1.29 is 14.3 Å². The number of halogens is 1. The molecule has 180 valence electrons. The van der Waals surface area contributed by atoms with Gasteiger partial charge in [0, 0.05) is 44.2 Å². The number of rotatable bonds is 9. The summed E-state index contributed by atoms with van der Waals surface area (Å²) in [5.74, 6) is 2.44. The summed E-state index contributed by atoms with van der Waals surface area (Å²) in [5, 5.41) is 6.58. The molecule has 0 spiro atoms. The molecule has 7 nitrogen and oxygen atoms in total. The number of amides is 1. The normalized spacial score (nSPS) is 12.9. The minimum atomic E-state index is 0. The zero-order valence-electron chi connectivity index (χ0n) is 19.7. The first-order chi connectivity index (χ1) is 15.6. The first kappa shape index (κ1) is 26.8. The maximum Gasteiger partial charge on any atom is 0.222 e. The Labute approximate surface area is 214 Å². The number of nitrogens with one attached hydrogen (secondary N) is 2. The third-order valence-corrected chi connectivity index (χ3v) is 5.59. The molecular formula is C25H35IN4O3. The monoisotopic (exact) mass is 566 g/mol. The number of methoxy groups -OCH3 is 2. The second kappa shape index (κ2) is 13.9. The molecule has 0 atom stereocenters. The number of hydrogen-bond acceptors (Lipinski definition) is 4. The molecule has 0 radical (unpaired) electrons. The predicted molar refractivity (Wildman–Crippen MR) is 143 cm³/mol. The van der Waals surface area contributed by atoms with Gasteiger partial charge in [0.25, 0.3) is 0 Å². The summed E-state index contributed by atoms with van der Waals surface area (Å²) in [4.78, 5) is 19.3. The van der Waals surface area contributed by atoms with Gasteiger partial charge < -0.3 is 25.0 Å². The van der Waals surface area contributed by atoms with E-state index in [0.29, 0.717) is 19.5 Å². The van der Waals surface area contributed by atoms with Crippen molar-refractivity contribution in [1.29, 1.82) is 0 Å². The number of carbonyl (C=O) groups is 1. The molecule has 8 heteroatoms. The smallest absolute Gasteiger partial charge is 0.222 e. The lowest BCUT2D eigenvalue weighted by Crippen LogP contribution is -2.39. The highest BCUT2D eigenvalue weighted by molar-refractivity contribution is 14.0. The van der Waals surface area contributed by atoms with Crippen LogP contribution in [0.2, 0.25) is 0 Å². The van der Waals surface area contributed by atoms with E-state index in [4.69, 9.17) is 9.47 Å². The van der Waals surface area contributed by atoms with Crippen molar-refractivity contribution in [2.24, 2.45) is 4.99 Å². The molecule has 2 N–H and O–H groups in total. The largest absolute Gasteiger partial charge is 0.497 e. The Hall–Kier alpha value is -2.49. The van der Waals surface area contributed by atoms with E-state index in [2.05, 4.69) is 33.8 Å². The van der Waals surface area contributed by atoms with E-state index in [9.17, 15) is 4.79 Å². The molecule has 33 heavy (non-hydrogen) atoms. The van der Waals surface area contributed by atoms with Crippen LogP contribution in [0.3, 0.4) is 0 Å².